The molecule has 1 amide bonds. The van der Waals surface area contributed by atoms with E-state index in [4.69, 9.17) is 9.15 Å². The first-order valence-corrected chi connectivity index (χ1v) is 11.2. The summed E-state index contributed by atoms with van der Waals surface area (Å²) < 4.78 is 12.7. The molecule has 162 valence electrons. The highest BCUT2D eigenvalue weighted by Crippen LogP contribution is 2.40. The molecule has 0 bridgehead atoms. The van der Waals surface area contributed by atoms with Gasteiger partial charge in [-0.2, -0.15) is 0 Å². The van der Waals surface area contributed by atoms with Gasteiger partial charge in [0.15, 0.2) is 0 Å². The SMILES string of the molecule is COc1c(/C(C)=C/C(=O)N2CCN(C)CC2)cc2c(-c3ccc(Br)cc3)coc2c1C. The summed E-state index contributed by atoms with van der Waals surface area (Å²) in [4.78, 5) is 17.0. The minimum Gasteiger partial charge on any atom is -0.496 e. The second-order valence-corrected chi connectivity index (χ2v) is 8.99. The topological polar surface area (TPSA) is 45.9 Å². The van der Waals surface area contributed by atoms with Crippen LogP contribution in [0.1, 0.15) is 18.1 Å². The van der Waals surface area contributed by atoms with E-state index in [0.717, 1.165) is 75.2 Å². The van der Waals surface area contributed by atoms with E-state index in [1.807, 2.05) is 30.9 Å². The molecule has 4 rings (SSSR count). The van der Waals surface area contributed by atoms with Gasteiger partial charge >= 0.3 is 0 Å². The molecule has 0 radical (unpaired) electrons. The normalized spacial score (nSPS) is 15.5. The van der Waals surface area contributed by atoms with Gasteiger partial charge in [-0.15, -0.1) is 0 Å². The van der Waals surface area contributed by atoms with Gasteiger partial charge < -0.3 is 19.0 Å². The summed E-state index contributed by atoms with van der Waals surface area (Å²) in [6.07, 6.45) is 3.52. The fourth-order valence-corrected chi connectivity index (χ4v) is 4.37. The van der Waals surface area contributed by atoms with Crippen LogP contribution in [0.2, 0.25) is 0 Å². The Kier molecular flexibility index (Phi) is 6.21. The third-order valence-corrected chi connectivity index (χ3v) is 6.51. The van der Waals surface area contributed by atoms with Gasteiger partial charge in [0.1, 0.15) is 11.3 Å². The number of methoxy groups -OCH3 is 1. The van der Waals surface area contributed by atoms with E-state index in [1.165, 1.54) is 0 Å². The van der Waals surface area contributed by atoms with Gasteiger partial charge in [-0.25, -0.2) is 0 Å². The van der Waals surface area contributed by atoms with E-state index >= 15 is 0 Å². The summed E-state index contributed by atoms with van der Waals surface area (Å²) in [6, 6.07) is 10.2. The molecule has 2 aromatic carbocycles. The number of carbonyl (C=O) groups is 1. The van der Waals surface area contributed by atoms with Crippen LogP contribution in [0.25, 0.3) is 27.7 Å². The molecule has 1 aliphatic rings. The molecule has 0 saturated carbocycles. The van der Waals surface area contributed by atoms with E-state index in [2.05, 4.69) is 46.1 Å². The van der Waals surface area contributed by atoms with Crippen molar-refractivity contribution in [2.45, 2.75) is 13.8 Å². The van der Waals surface area contributed by atoms with Crippen molar-refractivity contribution in [3.63, 3.8) is 0 Å². The zero-order valence-corrected chi connectivity index (χ0v) is 20.0. The second-order valence-electron chi connectivity index (χ2n) is 8.07. The monoisotopic (exact) mass is 482 g/mol. The van der Waals surface area contributed by atoms with E-state index in [9.17, 15) is 4.79 Å². The first kappa shape index (κ1) is 21.7. The predicted molar refractivity (Wildman–Crippen MR) is 128 cm³/mol. The van der Waals surface area contributed by atoms with Crippen LogP contribution in [0.3, 0.4) is 0 Å². The summed E-state index contributed by atoms with van der Waals surface area (Å²) in [7, 11) is 3.74. The van der Waals surface area contributed by atoms with Crippen molar-refractivity contribution in [1.82, 2.24) is 9.80 Å². The fraction of sp³-hybridized carbons (Fsp3) is 0.320. The molecule has 3 aromatic rings. The zero-order valence-electron chi connectivity index (χ0n) is 18.4. The van der Waals surface area contributed by atoms with E-state index in [-0.39, 0.29) is 5.91 Å². The lowest BCUT2D eigenvalue weighted by Crippen LogP contribution is -2.46. The Morgan fingerprint density at radius 1 is 1.16 bits per heavy atom. The number of hydrogen-bond donors (Lipinski definition) is 0. The number of fused-ring (bicyclic) bond motifs is 1. The van der Waals surface area contributed by atoms with Gasteiger partial charge in [-0.3, -0.25) is 4.79 Å². The minimum absolute atomic E-state index is 0.0470. The Labute approximate surface area is 191 Å². The molecule has 1 aromatic heterocycles. The van der Waals surface area contributed by atoms with Crippen molar-refractivity contribution in [2.24, 2.45) is 0 Å². The number of benzene rings is 2. The smallest absolute Gasteiger partial charge is 0.246 e. The number of aryl methyl sites for hydroxylation is 1. The summed E-state index contributed by atoms with van der Waals surface area (Å²) in [5.74, 6) is 0.787. The van der Waals surface area contributed by atoms with Gasteiger partial charge in [0.05, 0.1) is 13.4 Å². The third-order valence-electron chi connectivity index (χ3n) is 5.98. The molecular weight excluding hydrogens is 456 g/mol. The van der Waals surface area contributed by atoms with E-state index < -0.39 is 0 Å². The fourth-order valence-electron chi connectivity index (χ4n) is 4.11. The number of amides is 1. The Balaban J connectivity index is 1.76. The standard InChI is InChI=1S/C25H27BrN2O3/c1-16(13-23(29)28-11-9-27(3)10-12-28)20-14-21-22(18-5-7-19(26)8-6-18)15-31-25(21)17(2)24(20)30-4/h5-8,13-15H,9-12H2,1-4H3/b16-13+. The number of allylic oxidation sites excluding steroid dienone is 1. The van der Waals surface area contributed by atoms with Crippen LogP contribution in [-0.2, 0) is 4.79 Å². The van der Waals surface area contributed by atoms with Gasteiger partial charge in [-0.1, -0.05) is 28.1 Å². The Morgan fingerprint density at radius 3 is 2.48 bits per heavy atom. The van der Waals surface area contributed by atoms with Crippen molar-refractivity contribution in [2.75, 3.05) is 40.3 Å². The number of carbonyl (C=O) groups excluding carboxylic acids is 1. The molecule has 0 atom stereocenters. The lowest BCUT2D eigenvalue weighted by Gasteiger charge is -2.31. The molecule has 6 heteroatoms. The average Bonchev–Trinajstić information content (AvgIpc) is 3.19. The molecule has 0 unspecified atom stereocenters. The van der Waals surface area contributed by atoms with Crippen molar-refractivity contribution in [3.05, 3.63) is 58.3 Å². The number of piperazine rings is 1. The maximum atomic E-state index is 12.9. The van der Waals surface area contributed by atoms with Crippen LogP contribution in [0.4, 0.5) is 0 Å². The van der Waals surface area contributed by atoms with Gasteiger partial charge in [-0.05, 0) is 50.2 Å². The quantitative estimate of drug-likeness (QED) is 0.469. The molecule has 0 spiro atoms. The lowest BCUT2D eigenvalue weighted by molar-refractivity contribution is -0.127. The van der Waals surface area contributed by atoms with Crippen LogP contribution >= 0.6 is 15.9 Å². The molecule has 0 aliphatic carbocycles. The molecule has 1 saturated heterocycles. The summed E-state index contributed by atoms with van der Waals surface area (Å²) >= 11 is 3.49. The highest BCUT2D eigenvalue weighted by atomic mass is 79.9. The number of ether oxygens (including phenoxy) is 1. The summed E-state index contributed by atoms with van der Waals surface area (Å²) in [6.45, 7) is 7.27. The van der Waals surface area contributed by atoms with Crippen LogP contribution in [0.15, 0.2) is 51.6 Å². The predicted octanol–water partition coefficient (Wildman–Crippen LogP) is 5.36. The molecular formula is C25H27BrN2O3. The maximum Gasteiger partial charge on any atom is 0.246 e. The van der Waals surface area contributed by atoms with E-state index in [0.29, 0.717) is 0 Å². The number of nitrogens with zero attached hydrogens (tertiary/aromatic N) is 2. The number of halogens is 1. The molecule has 2 heterocycles. The molecule has 1 fully saturated rings. The van der Waals surface area contributed by atoms with Crippen LogP contribution in [0, 0.1) is 6.92 Å². The third kappa shape index (κ3) is 4.27. The van der Waals surface area contributed by atoms with Crippen molar-refractivity contribution < 1.29 is 13.9 Å². The van der Waals surface area contributed by atoms with Crippen LogP contribution in [-0.4, -0.2) is 56.0 Å². The van der Waals surface area contributed by atoms with Crippen LogP contribution in [0.5, 0.6) is 5.75 Å². The number of hydrogen-bond acceptors (Lipinski definition) is 4. The Hall–Kier alpha value is -2.57. The largest absolute Gasteiger partial charge is 0.496 e. The average molecular weight is 483 g/mol. The van der Waals surface area contributed by atoms with Gasteiger partial charge in [0.25, 0.3) is 0 Å². The van der Waals surface area contributed by atoms with E-state index in [1.54, 1.807) is 19.4 Å². The van der Waals surface area contributed by atoms with Crippen LogP contribution < -0.4 is 4.74 Å². The number of rotatable bonds is 4. The Morgan fingerprint density at radius 2 is 1.84 bits per heavy atom. The highest BCUT2D eigenvalue weighted by Gasteiger charge is 2.21. The molecule has 31 heavy (non-hydrogen) atoms. The first-order valence-electron chi connectivity index (χ1n) is 10.4. The summed E-state index contributed by atoms with van der Waals surface area (Å²) in [5.41, 5.74) is 5.62. The molecule has 5 nitrogen and oxygen atoms in total. The number of likely N-dealkylation sites (N-methyl/N-ethyl adjacent to an activating group) is 1. The van der Waals surface area contributed by atoms with Gasteiger partial charge in [0.2, 0.25) is 5.91 Å². The highest BCUT2D eigenvalue weighted by molar-refractivity contribution is 9.10. The van der Waals surface area contributed by atoms with Crippen molar-refractivity contribution in [1.29, 1.82) is 0 Å². The zero-order chi connectivity index (χ0) is 22.1. The second kappa shape index (κ2) is 8.89. The number of furan rings is 1. The van der Waals surface area contributed by atoms with Crippen molar-refractivity contribution in [3.8, 4) is 16.9 Å². The summed E-state index contributed by atoms with van der Waals surface area (Å²) in [5, 5.41) is 1.01. The van der Waals surface area contributed by atoms with Gasteiger partial charge in [0, 0.05) is 58.8 Å². The maximum absolute atomic E-state index is 12.9. The first-order chi connectivity index (χ1) is 14.9. The molecule has 0 N–H and O–H groups in total. The minimum atomic E-state index is 0.0470. The molecule has 1 aliphatic heterocycles. The lowest BCUT2D eigenvalue weighted by atomic mass is 9.96. The van der Waals surface area contributed by atoms with Crippen molar-refractivity contribution >= 4 is 38.4 Å². The Bertz CT molecular complexity index is 1140.